The number of aliphatic hydroxyl groups is 1. The molecule has 1 amide bonds. The van der Waals surface area contributed by atoms with E-state index in [9.17, 15) is 9.90 Å². The molecule has 2 N–H and O–H groups in total. The first-order chi connectivity index (χ1) is 15.7. The first-order valence-electron chi connectivity index (χ1n) is 10.5. The highest BCUT2D eigenvalue weighted by Gasteiger charge is 2.31. The number of benzene rings is 1. The third-order valence-corrected chi connectivity index (χ3v) is 5.59. The maximum absolute atomic E-state index is 12.5. The van der Waals surface area contributed by atoms with Gasteiger partial charge in [-0.1, -0.05) is 11.2 Å². The Bertz CT molecular complexity index is 1090. The van der Waals surface area contributed by atoms with Gasteiger partial charge in [0.05, 0.1) is 17.9 Å². The number of hydrogen-bond donors (Lipinski definition) is 2. The van der Waals surface area contributed by atoms with Crippen LogP contribution in [-0.4, -0.2) is 52.8 Å². The van der Waals surface area contributed by atoms with Crippen molar-refractivity contribution < 1.29 is 28.6 Å². The summed E-state index contributed by atoms with van der Waals surface area (Å²) in [7, 11) is 0. The standard InChI is InChI=1S/C23H23N3O6/c27-18-6-5-16(10-15-11-20(32-26-15)17-3-1-2-8-24-17)31-22(18)12-25-23(28)14-4-7-19-21(9-14)30-13-29-19/h1-4,7-9,11,16,18,22,27H,5-6,10,12-13H2,(H,25,28). The number of aliphatic hydroxyl groups excluding tert-OH is 1. The number of nitrogens with one attached hydrogen (secondary N) is 1. The van der Waals surface area contributed by atoms with E-state index in [1.807, 2.05) is 24.3 Å². The SMILES string of the molecule is O=C(NCC1OC(Cc2cc(-c3ccccn3)on2)CCC1O)c1ccc2c(c1)OCO2. The minimum absolute atomic E-state index is 0.132. The summed E-state index contributed by atoms with van der Waals surface area (Å²) in [5.74, 6) is 1.50. The highest BCUT2D eigenvalue weighted by molar-refractivity contribution is 5.94. The average Bonchev–Trinajstić information content (AvgIpc) is 3.49. The summed E-state index contributed by atoms with van der Waals surface area (Å²) in [5.41, 5.74) is 1.94. The van der Waals surface area contributed by atoms with Crippen LogP contribution in [0.3, 0.4) is 0 Å². The Morgan fingerprint density at radius 3 is 2.91 bits per heavy atom. The second kappa shape index (κ2) is 8.97. The lowest BCUT2D eigenvalue weighted by Gasteiger charge is -2.33. The van der Waals surface area contributed by atoms with E-state index >= 15 is 0 Å². The maximum Gasteiger partial charge on any atom is 0.251 e. The van der Waals surface area contributed by atoms with Crippen molar-refractivity contribution in [3.8, 4) is 23.0 Å². The summed E-state index contributed by atoms with van der Waals surface area (Å²) in [4.78, 5) is 16.8. The van der Waals surface area contributed by atoms with Crippen molar-refractivity contribution in [2.24, 2.45) is 0 Å². The van der Waals surface area contributed by atoms with Gasteiger partial charge in [-0.2, -0.15) is 0 Å². The van der Waals surface area contributed by atoms with Crippen molar-refractivity contribution in [3.05, 3.63) is 59.9 Å². The molecule has 3 atom stereocenters. The van der Waals surface area contributed by atoms with Crippen molar-refractivity contribution in [2.75, 3.05) is 13.3 Å². The van der Waals surface area contributed by atoms with Crippen LogP contribution in [-0.2, 0) is 11.2 Å². The highest BCUT2D eigenvalue weighted by atomic mass is 16.7. The predicted octanol–water partition coefficient (Wildman–Crippen LogP) is 2.35. The Hall–Kier alpha value is -3.43. The molecular weight excluding hydrogens is 414 g/mol. The second-order valence-corrected chi connectivity index (χ2v) is 7.82. The number of amides is 1. The van der Waals surface area contributed by atoms with E-state index < -0.39 is 12.2 Å². The van der Waals surface area contributed by atoms with E-state index in [1.54, 1.807) is 24.4 Å². The van der Waals surface area contributed by atoms with Crippen LogP contribution in [0.2, 0.25) is 0 Å². The molecule has 32 heavy (non-hydrogen) atoms. The number of carbonyl (C=O) groups excluding carboxylic acids is 1. The van der Waals surface area contributed by atoms with Crippen LogP contribution < -0.4 is 14.8 Å². The molecule has 0 aliphatic carbocycles. The fourth-order valence-electron chi connectivity index (χ4n) is 3.89. The molecule has 4 heterocycles. The smallest absolute Gasteiger partial charge is 0.251 e. The number of carbonyl (C=O) groups is 1. The lowest BCUT2D eigenvalue weighted by Crippen LogP contribution is -2.46. The molecule has 3 aromatic rings. The van der Waals surface area contributed by atoms with Crippen molar-refractivity contribution in [1.29, 1.82) is 0 Å². The number of rotatable bonds is 6. The van der Waals surface area contributed by atoms with E-state index in [-0.39, 0.29) is 25.3 Å². The third kappa shape index (κ3) is 4.44. The van der Waals surface area contributed by atoms with Crippen LogP contribution in [0.4, 0.5) is 0 Å². The minimum atomic E-state index is -0.648. The fraction of sp³-hybridized carbons (Fsp3) is 0.348. The maximum atomic E-state index is 12.5. The third-order valence-electron chi connectivity index (χ3n) is 5.59. The Balaban J connectivity index is 1.17. The molecule has 1 aromatic carbocycles. The largest absolute Gasteiger partial charge is 0.454 e. The van der Waals surface area contributed by atoms with E-state index in [2.05, 4.69) is 15.5 Å². The van der Waals surface area contributed by atoms with Gasteiger partial charge < -0.3 is 29.2 Å². The molecule has 0 bridgehead atoms. The molecule has 0 radical (unpaired) electrons. The monoisotopic (exact) mass is 437 g/mol. The molecule has 2 aromatic heterocycles. The molecule has 1 saturated heterocycles. The number of hydrogen-bond acceptors (Lipinski definition) is 8. The van der Waals surface area contributed by atoms with E-state index in [4.69, 9.17) is 18.7 Å². The van der Waals surface area contributed by atoms with Crippen LogP contribution in [0.15, 0.2) is 53.2 Å². The van der Waals surface area contributed by atoms with Gasteiger partial charge in [0, 0.05) is 30.8 Å². The first kappa shape index (κ1) is 20.5. The van der Waals surface area contributed by atoms with Crippen LogP contribution >= 0.6 is 0 Å². The topological polar surface area (TPSA) is 116 Å². The summed E-state index contributed by atoms with van der Waals surface area (Å²) in [6, 6.07) is 12.5. The van der Waals surface area contributed by atoms with Crippen LogP contribution in [0.5, 0.6) is 11.5 Å². The number of aromatic nitrogens is 2. The molecule has 3 unspecified atom stereocenters. The van der Waals surface area contributed by atoms with Gasteiger partial charge >= 0.3 is 0 Å². The molecule has 2 aliphatic rings. The molecule has 9 nitrogen and oxygen atoms in total. The van der Waals surface area contributed by atoms with E-state index in [0.717, 1.165) is 11.4 Å². The lowest BCUT2D eigenvalue weighted by atomic mass is 9.98. The number of fused-ring (bicyclic) bond motifs is 1. The van der Waals surface area contributed by atoms with Gasteiger partial charge in [-0.3, -0.25) is 9.78 Å². The summed E-state index contributed by atoms with van der Waals surface area (Å²) >= 11 is 0. The van der Waals surface area contributed by atoms with Crippen molar-refractivity contribution >= 4 is 5.91 Å². The number of nitrogens with zero attached hydrogens (tertiary/aromatic N) is 2. The summed E-state index contributed by atoms with van der Waals surface area (Å²) in [6.45, 7) is 0.349. The van der Waals surface area contributed by atoms with Gasteiger partial charge in [-0.25, -0.2) is 0 Å². The second-order valence-electron chi connectivity index (χ2n) is 7.82. The zero-order chi connectivity index (χ0) is 21.9. The van der Waals surface area contributed by atoms with Crippen LogP contribution in [0.1, 0.15) is 28.9 Å². The average molecular weight is 437 g/mol. The zero-order valence-electron chi connectivity index (χ0n) is 17.3. The van der Waals surface area contributed by atoms with Crippen LogP contribution in [0.25, 0.3) is 11.5 Å². The molecule has 0 saturated carbocycles. The molecular formula is C23H23N3O6. The molecule has 166 valence electrons. The van der Waals surface area contributed by atoms with Gasteiger partial charge in [0.2, 0.25) is 6.79 Å². The number of pyridine rings is 1. The molecule has 1 fully saturated rings. The summed E-state index contributed by atoms with van der Waals surface area (Å²) in [6.07, 6.45) is 2.24. The van der Waals surface area contributed by atoms with Crippen molar-refractivity contribution in [1.82, 2.24) is 15.5 Å². The van der Waals surface area contributed by atoms with Gasteiger partial charge in [0.1, 0.15) is 11.8 Å². The highest BCUT2D eigenvalue weighted by Crippen LogP contribution is 2.32. The lowest BCUT2D eigenvalue weighted by molar-refractivity contribution is -0.114. The molecule has 9 heteroatoms. The van der Waals surface area contributed by atoms with Crippen LogP contribution in [0, 0.1) is 0 Å². The Kier molecular flexibility index (Phi) is 5.74. The molecule has 5 rings (SSSR count). The minimum Gasteiger partial charge on any atom is -0.454 e. The predicted molar refractivity (Wildman–Crippen MR) is 112 cm³/mol. The van der Waals surface area contributed by atoms with Crippen molar-refractivity contribution in [3.63, 3.8) is 0 Å². The summed E-state index contributed by atoms with van der Waals surface area (Å²) in [5, 5.41) is 17.3. The van der Waals surface area contributed by atoms with Crippen molar-refractivity contribution in [2.45, 2.75) is 37.6 Å². The van der Waals surface area contributed by atoms with Gasteiger partial charge in [0.15, 0.2) is 17.3 Å². The Morgan fingerprint density at radius 2 is 2.03 bits per heavy atom. The van der Waals surface area contributed by atoms with Gasteiger partial charge in [-0.05, 0) is 43.2 Å². The first-order valence-corrected chi connectivity index (χ1v) is 10.5. The van der Waals surface area contributed by atoms with Gasteiger partial charge in [0.25, 0.3) is 5.91 Å². The van der Waals surface area contributed by atoms with E-state index in [1.165, 1.54) is 0 Å². The Morgan fingerprint density at radius 1 is 1.12 bits per heavy atom. The Labute approximate surface area is 184 Å². The fourth-order valence-corrected chi connectivity index (χ4v) is 3.89. The normalized spacial score (nSPS) is 22.0. The quantitative estimate of drug-likeness (QED) is 0.604. The molecule has 0 spiro atoms. The van der Waals surface area contributed by atoms with E-state index in [0.29, 0.717) is 42.1 Å². The molecule has 2 aliphatic heterocycles. The number of ether oxygens (including phenoxy) is 3. The van der Waals surface area contributed by atoms with Gasteiger partial charge in [-0.15, -0.1) is 0 Å². The summed E-state index contributed by atoms with van der Waals surface area (Å²) < 4.78 is 22.1. The zero-order valence-corrected chi connectivity index (χ0v) is 17.3.